The van der Waals surface area contributed by atoms with Crippen LogP contribution in [0.5, 0.6) is 0 Å². The van der Waals surface area contributed by atoms with E-state index in [-0.39, 0.29) is 57.6 Å². The second-order valence-corrected chi connectivity index (χ2v) is 12.2. The number of nitrogens with one attached hydrogen (secondary N) is 1. The van der Waals surface area contributed by atoms with Gasteiger partial charge in [0, 0.05) is 17.5 Å². The zero-order valence-corrected chi connectivity index (χ0v) is 25.0. The molecule has 2 aromatic heterocycles. The van der Waals surface area contributed by atoms with Gasteiger partial charge in [0.15, 0.2) is 11.5 Å². The van der Waals surface area contributed by atoms with E-state index in [1.807, 2.05) is 0 Å². The fourth-order valence-electron chi connectivity index (χ4n) is 6.35. The molecular formula is C31H32Cl2F2N6O2. The normalized spacial score (nSPS) is 16.5. The van der Waals surface area contributed by atoms with Gasteiger partial charge in [-0.15, -0.1) is 5.10 Å². The second-order valence-electron chi connectivity index (χ2n) is 11.4. The first kappa shape index (κ1) is 29.6. The Labute approximate surface area is 258 Å². The molecule has 2 aliphatic carbocycles. The number of nitrogens with two attached hydrogens (primary N) is 1. The van der Waals surface area contributed by atoms with Gasteiger partial charge in [0.2, 0.25) is 5.91 Å². The third-order valence-corrected chi connectivity index (χ3v) is 8.99. The van der Waals surface area contributed by atoms with Crippen molar-refractivity contribution in [1.82, 2.24) is 25.1 Å². The van der Waals surface area contributed by atoms with Crippen molar-refractivity contribution < 1.29 is 18.0 Å². The van der Waals surface area contributed by atoms with Gasteiger partial charge >= 0.3 is 6.01 Å². The lowest BCUT2D eigenvalue weighted by molar-refractivity contribution is -0.121. The van der Waals surface area contributed by atoms with Gasteiger partial charge in [-0.05, 0) is 55.5 Å². The minimum absolute atomic E-state index is 0.0165. The number of hydrogen-bond donors (Lipinski definition) is 2. The van der Waals surface area contributed by atoms with E-state index in [0.29, 0.717) is 22.6 Å². The van der Waals surface area contributed by atoms with E-state index in [9.17, 15) is 9.18 Å². The fraction of sp³-hybridized carbons (Fsp3) is 0.419. The number of imidazole rings is 1. The van der Waals surface area contributed by atoms with Crippen molar-refractivity contribution in [2.45, 2.75) is 82.6 Å². The Morgan fingerprint density at radius 2 is 1.70 bits per heavy atom. The lowest BCUT2D eigenvalue weighted by atomic mass is 9.88. The number of nitrogen functional groups attached to an aromatic ring is 1. The first-order valence-corrected chi connectivity index (χ1v) is 15.5. The first-order chi connectivity index (χ1) is 20.8. The monoisotopic (exact) mass is 628 g/mol. The molecule has 8 nitrogen and oxygen atoms in total. The van der Waals surface area contributed by atoms with E-state index >= 15 is 4.39 Å². The molecule has 2 heterocycles. The molecule has 12 heteroatoms. The molecule has 226 valence electrons. The lowest BCUT2D eigenvalue weighted by Crippen LogP contribution is -2.37. The molecule has 0 unspecified atom stereocenters. The number of aromatic nitrogens is 4. The van der Waals surface area contributed by atoms with Crippen molar-refractivity contribution in [2.75, 3.05) is 5.73 Å². The third-order valence-electron chi connectivity index (χ3n) is 8.41. The molecular weight excluding hydrogens is 597 g/mol. The zero-order chi connectivity index (χ0) is 30.1. The van der Waals surface area contributed by atoms with Crippen molar-refractivity contribution in [3.63, 3.8) is 0 Å². The molecule has 2 aliphatic rings. The molecule has 2 aromatic carbocycles. The average Bonchev–Trinajstić information content (AvgIpc) is 3.61. The highest BCUT2D eigenvalue weighted by atomic mass is 35.5. The van der Waals surface area contributed by atoms with Crippen LogP contribution in [0.1, 0.15) is 81.5 Å². The maximum atomic E-state index is 16.4. The Balaban J connectivity index is 1.58. The highest BCUT2D eigenvalue weighted by molar-refractivity contribution is 6.31. The van der Waals surface area contributed by atoms with Gasteiger partial charge in [-0.1, -0.05) is 72.9 Å². The summed E-state index contributed by atoms with van der Waals surface area (Å²) in [6.45, 7) is 0. The molecule has 0 saturated heterocycles. The summed E-state index contributed by atoms with van der Waals surface area (Å²) in [4.78, 5) is 18.3. The predicted octanol–water partition coefficient (Wildman–Crippen LogP) is 7.80. The van der Waals surface area contributed by atoms with Crippen LogP contribution >= 0.6 is 23.2 Å². The molecule has 0 aliphatic heterocycles. The van der Waals surface area contributed by atoms with Crippen LogP contribution in [0.25, 0.3) is 28.5 Å². The van der Waals surface area contributed by atoms with Crippen LogP contribution in [0, 0.1) is 11.6 Å². The van der Waals surface area contributed by atoms with Crippen LogP contribution < -0.4 is 11.1 Å². The second kappa shape index (κ2) is 12.6. The molecule has 0 radical (unpaired) electrons. The number of anilines is 1. The summed E-state index contributed by atoms with van der Waals surface area (Å²) >= 11 is 12.6. The molecule has 2 fully saturated rings. The fourth-order valence-corrected chi connectivity index (χ4v) is 6.68. The average molecular weight is 630 g/mol. The Morgan fingerprint density at radius 1 is 0.977 bits per heavy atom. The van der Waals surface area contributed by atoms with Gasteiger partial charge in [-0.2, -0.15) is 0 Å². The van der Waals surface area contributed by atoms with E-state index in [4.69, 9.17) is 38.3 Å². The summed E-state index contributed by atoms with van der Waals surface area (Å²) in [7, 11) is 0. The highest BCUT2D eigenvalue weighted by Crippen LogP contribution is 2.43. The summed E-state index contributed by atoms with van der Waals surface area (Å²) in [5.41, 5.74) is 7.32. The van der Waals surface area contributed by atoms with Crippen LogP contribution in [-0.4, -0.2) is 31.7 Å². The van der Waals surface area contributed by atoms with E-state index < -0.39 is 11.6 Å². The summed E-state index contributed by atoms with van der Waals surface area (Å²) in [6, 6.07) is 7.25. The topological polar surface area (TPSA) is 112 Å². The van der Waals surface area contributed by atoms with Crippen LogP contribution in [0.2, 0.25) is 10.0 Å². The van der Waals surface area contributed by atoms with E-state index in [1.54, 1.807) is 10.6 Å². The number of carbonyl (C=O) groups is 1. The standard InChI is InChI=1S/C31H32Cl2F2N6O2/c32-21-13-11-19(16-24(42)37-20-9-5-2-6-10-20)27(25(21)35)41-28(18-12-14-23(34)22(33)15-18)26(30-39-40-31(36)43-30)38-29(41)17-7-3-1-4-8-17/h11-15,17,20H,1-10,16H2,(H2,36,40)(H,37,42). The predicted molar refractivity (Wildman–Crippen MR) is 161 cm³/mol. The maximum Gasteiger partial charge on any atom is 0.313 e. The van der Waals surface area contributed by atoms with Crippen LogP contribution in [-0.2, 0) is 11.2 Å². The Hall–Kier alpha value is -3.50. The van der Waals surface area contributed by atoms with Gasteiger partial charge in [-0.25, -0.2) is 13.8 Å². The summed E-state index contributed by atoms with van der Waals surface area (Å²) < 4.78 is 38.0. The van der Waals surface area contributed by atoms with Crippen molar-refractivity contribution in [3.8, 4) is 28.5 Å². The van der Waals surface area contributed by atoms with Gasteiger partial charge < -0.3 is 15.5 Å². The molecule has 6 rings (SSSR count). The van der Waals surface area contributed by atoms with E-state index in [1.165, 1.54) is 24.3 Å². The Morgan fingerprint density at radius 3 is 2.37 bits per heavy atom. The van der Waals surface area contributed by atoms with Gasteiger partial charge in [0.25, 0.3) is 5.89 Å². The van der Waals surface area contributed by atoms with Gasteiger partial charge in [0.1, 0.15) is 11.6 Å². The Kier molecular flexibility index (Phi) is 8.68. The van der Waals surface area contributed by atoms with Crippen molar-refractivity contribution in [1.29, 1.82) is 0 Å². The summed E-state index contributed by atoms with van der Waals surface area (Å²) in [5.74, 6) is -0.989. The Bertz CT molecular complexity index is 1640. The molecule has 0 spiro atoms. The number of halogens is 4. The zero-order valence-electron chi connectivity index (χ0n) is 23.5. The van der Waals surface area contributed by atoms with Crippen LogP contribution in [0.3, 0.4) is 0 Å². The van der Waals surface area contributed by atoms with Crippen molar-refractivity contribution in [3.05, 3.63) is 63.4 Å². The SMILES string of the molecule is Nc1nnc(-c2nc(C3CCCCC3)n(-c3c(CC(=O)NC4CCCCC4)ccc(Cl)c3F)c2-c2ccc(F)c(Cl)c2)o1. The van der Waals surface area contributed by atoms with E-state index in [0.717, 1.165) is 64.2 Å². The number of nitrogens with zero attached hydrogens (tertiary/aromatic N) is 4. The molecule has 3 N–H and O–H groups in total. The minimum atomic E-state index is -0.704. The number of amides is 1. The minimum Gasteiger partial charge on any atom is -0.402 e. The smallest absolute Gasteiger partial charge is 0.313 e. The maximum absolute atomic E-state index is 16.4. The van der Waals surface area contributed by atoms with Gasteiger partial charge in [0.05, 0.1) is 27.8 Å². The quantitative estimate of drug-likeness (QED) is 0.216. The lowest BCUT2D eigenvalue weighted by Gasteiger charge is -2.25. The molecule has 2 saturated carbocycles. The molecule has 43 heavy (non-hydrogen) atoms. The van der Waals surface area contributed by atoms with E-state index in [2.05, 4.69) is 15.5 Å². The van der Waals surface area contributed by atoms with Crippen molar-refractivity contribution in [2.24, 2.45) is 0 Å². The molecule has 1 amide bonds. The number of rotatable bonds is 7. The van der Waals surface area contributed by atoms with Gasteiger partial charge in [-0.3, -0.25) is 9.36 Å². The van der Waals surface area contributed by atoms with Crippen molar-refractivity contribution >= 4 is 35.1 Å². The summed E-state index contributed by atoms with van der Waals surface area (Å²) in [6.07, 6.45) is 9.76. The number of carbonyl (C=O) groups excluding carboxylic acids is 1. The summed E-state index contributed by atoms with van der Waals surface area (Å²) in [5, 5.41) is 10.8. The van der Waals surface area contributed by atoms with Crippen LogP contribution in [0.4, 0.5) is 14.8 Å². The molecule has 0 atom stereocenters. The third kappa shape index (κ3) is 6.13. The highest BCUT2D eigenvalue weighted by Gasteiger charge is 2.33. The molecule has 4 aromatic rings. The van der Waals surface area contributed by atoms with Crippen LogP contribution in [0.15, 0.2) is 34.7 Å². The number of hydrogen-bond acceptors (Lipinski definition) is 6. The largest absolute Gasteiger partial charge is 0.402 e. The first-order valence-electron chi connectivity index (χ1n) is 14.7. The molecule has 0 bridgehead atoms. The number of benzene rings is 2.